The van der Waals surface area contributed by atoms with Crippen LogP contribution in [-0.2, 0) is 24.8 Å². The second-order valence-corrected chi connectivity index (χ2v) is 7.88. The standard InChI is InChI=1S/C23H23ClN4O/c1-14-16(3)28(13-17-11-25-27(4)12-17)23-21(14)22(18-5-7-19(24)8-6-18)20(9-10-29)15(2)26-23/h5-8,10-12H,9,13H2,1-4H3. The lowest BCUT2D eigenvalue weighted by Crippen LogP contribution is -2.05. The van der Waals surface area contributed by atoms with Gasteiger partial charge in [0.05, 0.1) is 12.7 Å². The summed E-state index contributed by atoms with van der Waals surface area (Å²) in [4.78, 5) is 16.4. The molecule has 0 aliphatic rings. The third-order valence-corrected chi connectivity index (χ3v) is 5.84. The van der Waals surface area contributed by atoms with Gasteiger partial charge in [-0.3, -0.25) is 4.68 Å². The molecular weight excluding hydrogens is 384 g/mol. The predicted molar refractivity (Wildman–Crippen MR) is 116 cm³/mol. The summed E-state index contributed by atoms with van der Waals surface area (Å²) in [5.74, 6) is 0. The maximum absolute atomic E-state index is 11.4. The molecule has 0 aliphatic heterocycles. The average molecular weight is 407 g/mol. The number of benzene rings is 1. The second-order valence-electron chi connectivity index (χ2n) is 7.45. The van der Waals surface area contributed by atoms with Crippen molar-refractivity contribution < 1.29 is 4.79 Å². The number of aromatic nitrogens is 4. The Kier molecular flexibility index (Phi) is 5.01. The monoisotopic (exact) mass is 406 g/mol. The van der Waals surface area contributed by atoms with Crippen LogP contribution in [0.25, 0.3) is 22.2 Å². The van der Waals surface area contributed by atoms with Crippen molar-refractivity contribution in [2.24, 2.45) is 7.05 Å². The van der Waals surface area contributed by atoms with Crippen molar-refractivity contribution in [1.82, 2.24) is 19.3 Å². The Morgan fingerprint density at radius 3 is 2.48 bits per heavy atom. The van der Waals surface area contributed by atoms with E-state index < -0.39 is 0 Å². The summed E-state index contributed by atoms with van der Waals surface area (Å²) in [5.41, 5.74) is 8.35. The first-order chi connectivity index (χ1) is 13.9. The molecule has 3 heterocycles. The van der Waals surface area contributed by atoms with Crippen LogP contribution in [0.1, 0.15) is 28.1 Å². The van der Waals surface area contributed by atoms with Crippen LogP contribution in [0.15, 0.2) is 36.7 Å². The van der Waals surface area contributed by atoms with Gasteiger partial charge in [0.2, 0.25) is 0 Å². The molecule has 148 valence electrons. The number of fused-ring (bicyclic) bond motifs is 1. The van der Waals surface area contributed by atoms with Crippen LogP contribution in [0.5, 0.6) is 0 Å². The minimum atomic E-state index is 0.332. The first kappa shape index (κ1) is 19.4. The molecule has 0 aliphatic carbocycles. The van der Waals surface area contributed by atoms with E-state index in [0.29, 0.717) is 18.0 Å². The zero-order valence-electron chi connectivity index (χ0n) is 17.0. The molecule has 0 atom stereocenters. The number of nitrogens with zero attached hydrogens (tertiary/aromatic N) is 4. The maximum atomic E-state index is 11.4. The van der Waals surface area contributed by atoms with Crippen LogP contribution in [0.3, 0.4) is 0 Å². The minimum Gasteiger partial charge on any atom is -0.325 e. The topological polar surface area (TPSA) is 52.7 Å². The Bertz CT molecular complexity index is 1220. The third-order valence-electron chi connectivity index (χ3n) is 5.58. The summed E-state index contributed by atoms with van der Waals surface area (Å²) in [6.07, 6.45) is 5.19. The van der Waals surface area contributed by atoms with Crippen LogP contribution in [-0.4, -0.2) is 25.6 Å². The van der Waals surface area contributed by atoms with Gasteiger partial charge in [-0.05, 0) is 55.2 Å². The first-order valence-corrected chi connectivity index (χ1v) is 9.94. The molecule has 0 radical (unpaired) electrons. The third kappa shape index (κ3) is 3.36. The van der Waals surface area contributed by atoms with E-state index in [4.69, 9.17) is 16.6 Å². The van der Waals surface area contributed by atoms with Gasteiger partial charge in [-0.1, -0.05) is 23.7 Å². The number of hydrogen-bond acceptors (Lipinski definition) is 3. The number of carbonyl (C=O) groups excluding carboxylic acids is 1. The molecule has 0 amide bonds. The van der Waals surface area contributed by atoms with E-state index >= 15 is 0 Å². The number of aldehydes is 1. The number of halogens is 1. The Morgan fingerprint density at radius 1 is 1.14 bits per heavy atom. The van der Waals surface area contributed by atoms with E-state index in [1.165, 1.54) is 5.56 Å². The van der Waals surface area contributed by atoms with E-state index in [1.807, 2.05) is 55.3 Å². The van der Waals surface area contributed by atoms with E-state index in [-0.39, 0.29) is 0 Å². The molecule has 5 nitrogen and oxygen atoms in total. The first-order valence-electron chi connectivity index (χ1n) is 9.56. The van der Waals surface area contributed by atoms with Crippen LogP contribution in [0.4, 0.5) is 0 Å². The van der Waals surface area contributed by atoms with E-state index in [0.717, 1.165) is 51.0 Å². The number of aryl methyl sites for hydroxylation is 3. The van der Waals surface area contributed by atoms with Gasteiger partial charge in [-0.15, -0.1) is 0 Å². The van der Waals surface area contributed by atoms with Crippen LogP contribution < -0.4 is 0 Å². The molecule has 4 rings (SSSR count). The SMILES string of the molecule is Cc1nc2c(c(C)c(C)n2Cc2cnn(C)c2)c(-c2ccc(Cl)cc2)c1CC=O. The Morgan fingerprint density at radius 2 is 1.86 bits per heavy atom. The van der Waals surface area contributed by atoms with Gasteiger partial charge >= 0.3 is 0 Å². The van der Waals surface area contributed by atoms with E-state index in [2.05, 4.69) is 23.5 Å². The minimum absolute atomic E-state index is 0.332. The summed E-state index contributed by atoms with van der Waals surface area (Å²) in [5, 5.41) is 6.07. The molecule has 0 saturated heterocycles. The van der Waals surface area contributed by atoms with Gasteiger partial charge in [0.1, 0.15) is 11.9 Å². The van der Waals surface area contributed by atoms with Crippen molar-refractivity contribution in [2.45, 2.75) is 33.7 Å². The van der Waals surface area contributed by atoms with Gasteiger partial charge in [0, 0.05) is 47.0 Å². The normalized spacial score (nSPS) is 11.3. The average Bonchev–Trinajstić information content (AvgIpc) is 3.20. The Balaban J connectivity index is 2.03. The Hall–Kier alpha value is -2.92. The molecule has 1 aromatic carbocycles. The fraction of sp³-hybridized carbons (Fsp3) is 0.261. The van der Waals surface area contributed by atoms with Crippen molar-refractivity contribution in [3.8, 4) is 11.1 Å². The number of carbonyl (C=O) groups is 1. The van der Waals surface area contributed by atoms with Crippen LogP contribution in [0, 0.1) is 20.8 Å². The van der Waals surface area contributed by atoms with Crippen LogP contribution >= 0.6 is 11.6 Å². The molecule has 0 saturated carbocycles. The molecule has 29 heavy (non-hydrogen) atoms. The van der Waals surface area contributed by atoms with Crippen molar-refractivity contribution in [2.75, 3.05) is 0 Å². The van der Waals surface area contributed by atoms with Crippen molar-refractivity contribution in [3.05, 3.63) is 69.8 Å². The molecular formula is C23H23ClN4O. The summed E-state index contributed by atoms with van der Waals surface area (Å²) in [7, 11) is 1.92. The fourth-order valence-corrected chi connectivity index (χ4v) is 4.14. The van der Waals surface area contributed by atoms with Gasteiger partial charge in [-0.25, -0.2) is 4.98 Å². The molecule has 0 unspecified atom stereocenters. The zero-order chi connectivity index (χ0) is 20.7. The fourth-order valence-electron chi connectivity index (χ4n) is 4.02. The van der Waals surface area contributed by atoms with Gasteiger partial charge in [0.25, 0.3) is 0 Å². The number of pyridine rings is 1. The van der Waals surface area contributed by atoms with Crippen molar-refractivity contribution >= 4 is 28.9 Å². The number of hydrogen-bond donors (Lipinski definition) is 0. The molecule has 6 heteroatoms. The van der Waals surface area contributed by atoms with Gasteiger partial charge in [0.15, 0.2) is 0 Å². The molecule has 0 bridgehead atoms. The maximum Gasteiger partial charge on any atom is 0.141 e. The largest absolute Gasteiger partial charge is 0.325 e. The summed E-state index contributed by atoms with van der Waals surface area (Å²) in [6, 6.07) is 7.80. The van der Waals surface area contributed by atoms with Crippen molar-refractivity contribution in [1.29, 1.82) is 0 Å². The highest BCUT2D eigenvalue weighted by molar-refractivity contribution is 6.30. The Labute approximate surface area is 174 Å². The predicted octanol–water partition coefficient (Wildman–Crippen LogP) is 4.81. The van der Waals surface area contributed by atoms with Crippen LogP contribution in [0.2, 0.25) is 5.02 Å². The lowest BCUT2D eigenvalue weighted by atomic mass is 9.93. The summed E-state index contributed by atoms with van der Waals surface area (Å²) in [6.45, 7) is 6.92. The highest BCUT2D eigenvalue weighted by Crippen LogP contribution is 2.38. The molecule has 0 N–H and O–H groups in total. The summed E-state index contributed by atoms with van der Waals surface area (Å²) >= 11 is 6.12. The quantitative estimate of drug-likeness (QED) is 0.447. The van der Waals surface area contributed by atoms with Gasteiger partial charge in [-0.2, -0.15) is 5.10 Å². The molecule has 0 spiro atoms. The summed E-state index contributed by atoms with van der Waals surface area (Å²) < 4.78 is 4.04. The lowest BCUT2D eigenvalue weighted by Gasteiger charge is -2.14. The smallest absolute Gasteiger partial charge is 0.141 e. The second kappa shape index (κ2) is 7.48. The molecule has 3 aromatic heterocycles. The van der Waals surface area contributed by atoms with Gasteiger partial charge < -0.3 is 9.36 Å². The molecule has 0 fully saturated rings. The number of rotatable bonds is 5. The molecule has 4 aromatic rings. The van der Waals surface area contributed by atoms with E-state index in [9.17, 15) is 4.79 Å². The highest BCUT2D eigenvalue weighted by Gasteiger charge is 2.21. The zero-order valence-corrected chi connectivity index (χ0v) is 17.8. The van der Waals surface area contributed by atoms with E-state index in [1.54, 1.807) is 0 Å². The highest BCUT2D eigenvalue weighted by atomic mass is 35.5. The lowest BCUT2D eigenvalue weighted by molar-refractivity contribution is -0.107. The van der Waals surface area contributed by atoms with Crippen molar-refractivity contribution in [3.63, 3.8) is 0 Å².